The second-order valence-corrected chi connectivity index (χ2v) is 7.71. The van der Waals surface area contributed by atoms with E-state index in [9.17, 15) is 5.11 Å². The molecule has 0 unspecified atom stereocenters. The predicted octanol–water partition coefficient (Wildman–Crippen LogP) is 4.80. The molecule has 3 rings (SSSR count). The molecule has 0 aromatic heterocycles. The molecule has 2 heterocycles. The fourth-order valence-corrected chi connectivity index (χ4v) is 4.27. The molecule has 1 saturated heterocycles. The van der Waals surface area contributed by atoms with Crippen molar-refractivity contribution in [2.75, 3.05) is 18.9 Å². The van der Waals surface area contributed by atoms with Gasteiger partial charge < -0.3 is 10.4 Å². The Morgan fingerprint density at radius 1 is 1.33 bits per heavy atom. The van der Waals surface area contributed by atoms with Crippen LogP contribution in [0.3, 0.4) is 0 Å². The van der Waals surface area contributed by atoms with Gasteiger partial charge in [0, 0.05) is 23.2 Å². The van der Waals surface area contributed by atoms with Gasteiger partial charge in [-0.3, -0.25) is 4.90 Å². The number of nitrogens with one attached hydrogen (secondary N) is 1. The first-order valence-corrected chi connectivity index (χ1v) is 9.02. The van der Waals surface area contributed by atoms with Crippen LogP contribution in [-0.2, 0) is 5.41 Å². The van der Waals surface area contributed by atoms with Crippen LogP contribution in [0.5, 0.6) is 5.75 Å². The molecule has 0 aliphatic carbocycles. The van der Waals surface area contributed by atoms with Crippen LogP contribution in [0, 0.1) is 0 Å². The summed E-state index contributed by atoms with van der Waals surface area (Å²) in [7, 11) is 2.17. The number of fused-ring (bicyclic) bond motifs is 3. The maximum absolute atomic E-state index is 10.5. The van der Waals surface area contributed by atoms with Crippen molar-refractivity contribution in [3.05, 3.63) is 47.1 Å². The van der Waals surface area contributed by atoms with Gasteiger partial charge in [-0.2, -0.15) is 0 Å². The number of benzene rings is 1. The van der Waals surface area contributed by atoms with E-state index in [2.05, 4.69) is 56.3 Å². The Kier molecular flexibility index (Phi) is 4.73. The van der Waals surface area contributed by atoms with Crippen molar-refractivity contribution in [2.24, 2.45) is 0 Å². The van der Waals surface area contributed by atoms with Crippen molar-refractivity contribution in [1.29, 1.82) is 0 Å². The summed E-state index contributed by atoms with van der Waals surface area (Å²) in [6.45, 7) is 7.61. The molecule has 3 nitrogen and oxygen atoms in total. The molecule has 3 heteroatoms. The second kappa shape index (κ2) is 6.64. The van der Waals surface area contributed by atoms with Crippen LogP contribution in [0.1, 0.15) is 52.0 Å². The summed E-state index contributed by atoms with van der Waals surface area (Å²) in [5.74, 6) is 0.438. The first-order valence-electron chi connectivity index (χ1n) is 9.02. The zero-order valence-corrected chi connectivity index (χ0v) is 15.4. The fraction of sp³-hybridized carbons (Fsp3) is 0.524. The molecular weight excluding hydrogens is 296 g/mol. The number of anilines is 1. The topological polar surface area (TPSA) is 35.5 Å². The third-order valence-electron chi connectivity index (χ3n) is 5.61. The highest BCUT2D eigenvalue weighted by Gasteiger charge is 2.53. The summed E-state index contributed by atoms with van der Waals surface area (Å²) in [5, 5.41) is 14.1. The Bertz CT molecular complexity index is 672. The number of nitrogens with zero attached hydrogens (tertiary/aromatic N) is 1. The van der Waals surface area contributed by atoms with Crippen LogP contribution in [0.15, 0.2) is 41.5 Å². The van der Waals surface area contributed by atoms with Gasteiger partial charge in [0.2, 0.25) is 0 Å². The van der Waals surface area contributed by atoms with Crippen molar-refractivity contribution < 1.29 is 5.11 Å². The molecule has 0 amide bonds. The Balaban J connectivity index is 1.84. The molecule has 1 aromatic carbocycles. The van der Waals surface area contributed by atoms with Crippen LogP contribution in [0.4, 0.5) is 5.69 Å². The average Bonchev–Trinajstić information content (AvgIpc) is 3.01. The van der Waals surface area contributed by atoms with E-state index in [0.717, 1.165) is 43.5 Å². The van der Waals surface area contributed by atoms with Gasteiger partial charge in [-0.15, -0.1) is 0 Å². The Hall–Kier alpha value is -1.74. The van der Waals surface area contributed by atoms with Gasteiger partial charge in [0.05, 0.1) is 6.17 Å². The highest BCUT2D eigenvalue weighted by molar-refractivity contribution is 5.67. The molecule has 2 aliphatic rings. The molecular formula is C21H30N2O. The smallest absolute Gasteiger partial charge is 0.121 e. The molecule has 24 heavy (non-hydrogen) atoms. The van der Waals surface area contributed by atoms with Crippen molar-refractivity contribution in [1.82, 2.24) is 4.90 Å². The first kappa shape index (κ1) is 17.1. The third kappa shape index (κ3) is 2.98. The molecule has 0 bridgehead atoms. The Morgan fingerprint density at radius 3 is 2.88 bits per heavy atom. The summed E-state index contributed by atoms with van der Waals surface area (Å²) in [5.41, 5.74) is 5.04. The zero-order valence-electron chi connectivity index (χ0n) is 15.4. The quantitative estimate of drug-likeness (QED) is 0.763. The lowest BCUT2D eigenvalue weighted by Gasteiger charge is -2.31. The van der Waals surface area contributed by atoms with E-state index in [1.807, 2.05) is 12.1 Å². The fourth-order valence-electron chi connectivity index (χ4n) is 4.27. The lowest BCUT2D eigenvalue weighted by atomic mass is 9.75. The third-order valence-corrected chi connectivity index (χ3v) is 5.61. The second-order valence-electron chi connectivity index (χ2n) is 7.71. The van der Waals surface area contributed by atoms with E-state index in [0.29, 0.717) is 5.75 Å². The molecule has 1 fully saturated rings. The van der Waals surface area contributed by atoms with Gasteiger partial charge in [-0.1, -0.05) is 29.4 Å². The SMILES string of the molecule is CC(C)=CCCC(C)=CC[C@@]12CCN(C)[C@@H]1Nc1cccc(O)c12. The van der Waals surface area contributed by atoms with E-state index < -0.39 is 0 Å². The number of phenolic OH excluding ortho intramolecular Hbond substituents is 1. The number of hydrogen-bond acceptors (Lipinski definition) is 3. The largest absolute Gasteiger partial charge is 0.508 e. The lowest BCUT2D eigenvalue weighted by molar-refractivity contribution is 0.282. The maximum atomic E-state index is 10.5. The minimum absolute atomic E-state index is 0.00675. The molecule has 0 spiro atoms. The molecule has 2 aliphatic heterocycles. The number of rotatable bonds is 5. The zero-order chi connectivity index (χ0) is 17.3. The maximum Gasteiger partial charge on any atom is 0.121 e. The van der Waals surface area contributed by atoms with Gasteiger partial charge in [0.1, 0.15) is 5.75 Å². The molecule has 0 radical (unpaired) electrons. The van der Waals surface area contributed by atoms with E-state index >= 15 is 0 Å². The summed E-state index contributed by atoms with van der Waals surface area (Å²) in [6, 6.07) is 5.85. The van der Waals surface area contributed by atoms with Crippen molar-refractivity contribution >= 4 is 5.69 Å². The predicted molar refractivity (Wildman–Crippen MR) is 101 cm³/mol. The van der Waals surface area contributed by atoms with E-state index in [1.54, 1.807) is 0 Å². The molecule has 0 saturated carbocycles. The number of aromatic hydroxyl groups is 1. The first-order chi connectivity index (χ1) is 11.4. The number of allylic oxidation sites excluding steroid dienone is 4. The van der Waals surface area contributed by atoms with E-state index in [1.165, 1.54) is 11.1 Å². The van der Waals surface area contributed by atoms with E-state index in [4.69, 9.17) is 0 Å². The van der Waals surface area contributed by atoms with Crippen LogP contribution < -0.4 is 5.32 Å². The van der Waals surface area contributed by atoms with Crippen molar-refractivity contribution in [2.45, 2.75) is 58.0 Å². The Labute approximate surface area is 146 Å². The normalized spacial score (nSPS) is 26.0. The van der Waals surface area contributed by atoms with Gasteiger partial charge in [0.25, 0.3) is 0 Å². The van der Waals surface area contributed by atoms with Gasteiger partial charge >= 0.3 is 0 Å². The highest BCUT2D eigenvalue weighted by Crippen LogP contribution is 2.53. The number of hydrogen-bond donors (Lipinski definition) is 2. The van der Waals surface area contributed by atoms with Crippen LogP contribution >= 0.6 is 0 Å². The Morgan fingerprint density at radius 2 is 2.12 bits per heavy atom. The molecule has 1 aromatic rings. The standard InChI is InChI=1S/C21H30N2O/c1-15(2)7-5-8-16(3)11-12-21-13-14-23(4)20(21)22-17-9-6-10-18(24)19(17)21/h6-7,9-11,20,22,24H,5,8,12-14H2,1-4H3/t20-,21-/m0/s1. The van der Waals surface area contributed by atoms with E-state index in [-0.39, 0.29) is 11.6 Å². The van der Waals surface area contributed by atoms with Crippen molar-refractivity contribution in [3.8, 4) is 5.75 Å². The van der Waals surface area contributed by atoms with Crippen LogP contribution in [0.25, 0.3) is 0 Å². The van der Waals surface area contributed by atoms with Crippen LogP contribution in [-0.4, -0.2) is 29.8 Å². The average molecular weight is 326 g/mol. The lowest BCUT2D eigenvalue weighted by Crippen LogP contribution is -2.41. The van der Waals surface area contributed by atoms with Gasteiger partial charge in [-0.25, -0.2) is 0 Å². The summed E-state index contributed by atoms with van der Waals surface area (Å²) in [4.78, 5) is 2.38. The minimum atomic E-state index is -0.00675. The highest BCUT2D eigenvalue weighted by atomic mass is 16.3. The summed E-state index contributed by atoms with van der Waals surface area (Å²) in [6.07, 6.45) is 9.28. The summed E-state index contributed by atoms with van der Waals surface area (Å²) >= 11 is 0. The van der Waals surface area contributed by atoms with Crippen molar-refractivity contribution in [3.63, 3.8) is 0 Å². The van der Waals surface area contributed by atoms with Gasteiger partial charge in [0.15, 0.2) is 0 Å². The van der Waals surface area contributed by atoms with Crippen LogP contribution in [0.2, 0.25) is 0 Å². The molecule has 2 atom stereocenters. The summed E-state index contributed by atoms with van der Waals surface area (Å²) < 4.78 is 0. The number of likely N-dealkylation sites (tertiary alicyclic amines) is 1. The molecule has 130 valence electrons. The van der Waals surface area contributed by atoms with Gasteiger partial charge in [-0.05, 0) is 65.6 Å². The number of likely N-dealkylation sites (N-methyl/N-ethyl adjacent to an activating group) is 1. The number of phenols is 1. The minimum Gasteiger partial charge on any atom is -0.508 e. The molecule has 2 N–H and O–H groups in total. The monoisotopic (exact) mass is 326 g/mol.